The summed E-state index contributed by atoms with van der Waals surface area (Å²) in [5.41, 5.74) is 0.299. The number of hydrogen-bond donors (Lipinski definition) is 2. The molecule has 0 bridgehead atoms. The number of amides is 1. The molecule has 0 spiro atoms. The number of nitrogens with zero attached hydrogens (tertiary/aromatic N) is 1. The second-order valence-corrected chi connectivity index (χ2v) is 13.4. The van der Waals surface area contributed by atoms with Crippen molar-refractivity contribution in [3.8, 4) is 35.3 Å². The number of hydrogen-bond acceptors (Lipinski definition) is 8. The van der Waals surface area contributed by atoms with Crippen LogP contribution in [0.2, 0.25) is 0 Å². The second kappa shape index (κ2) is 11.8. The lowest BCUT2D eigenvalue weighted by molar-refractivity contribution is -0.118. The number of methoxy groups -OCH3 is 2. The lowest BCUT2D eigenvalue weighted by Gasteiger charge is -2.37. The van der Waals surface area contributed by atoms with Gasteiger partial charge in [-0.2, -0.15) is 0 Å². The summed E-state index contributed by atoms with van der Waals surface area (Å²) in [5.74, 6) is 1.57. The first-order chi connectivity index (χ1) is 20.9. The van der Waals surface area contributed by atoms with Crippen molar-refractivity contribution >= 4 is 27.1 Å². The zero-order valence-electron chi connectivity index (χ0n) is 24.8. The number of nitrogens with one attached hydrogen (secondary N) is 1. The van der Waals surface area contributed by atoms with Gasteiger partial charge in [0.1, 0.15) is 47.2 Å². The second-order valence-electron chi connectivity index (χ2n) is 11.4. The maximum Gasteiger partial charge on any atom is 0.232 e. The number of benzene rings is 3. The number of phenols is 1. The summed E-state index contributed by atoms with van der Waals surface area (Å²) in [6.45, 7) is 3.54. The molecular formula is C33H33FN2O7S. The molecule has 2 N–H and O–H groups in total. The number of anilines is 2. The average Bonchev–Trinajstić information content (AvgIpc) is 3.10. The SMILES string of the molecule is C#CCOc1ccc(C2C3=C(CC(C)(C)CS3(=O)=O)Nc3c(O)cccc3N2C(=O)Cc2cc(OC)ccc2OC)c(F)c1. The van der Waals surface area contributed by atoms with E-state index in [4.69, 9.17) is 20.6 Å². The first kappa shape index (κ1) is 30.8. The van der Waals surface area contributed by atoms with E-state index >= 15 is 4.39 Å². The van der Waals surface area contributed by atoms with E-state index in [-0.39, 0.29) is 64.2 Å². The minimum absolute atomic E-state index is 0.0715. The van der Waals surface area contributed by atoms with Gasteiger partial charge in [0.25, 0.3) is 0 Å². The number of sulfone groups is 1. The van der Waals surface area contributed by atoms with Crippen LogP contribution in [0.25, 0.3) is 0 Å². The Hall–Kier alpha value is -4.69. The molecule has 0 radical (unpaired) electrons. The zero-order valence-corrected chi connectivity index (χ0v) is 25.6. The first-order valence-corrected chi connectivity index (χ1v) is 15.5. The fourth-order valence-electron chi connectivity index (χ4n) is 5.87. The van der Waals surface area contributed by atoms with Gasteiger partial charge in [-0.05, 0) is 54.3 Å². The molecular weight excluding hydrogens is 587 g/mol. The average molecular weight is 621 g/mol. The van der Waals surface area contributed by atoms with Crippen molar-refractivity contribution in [2.75, 3.05) is 36.8 Å². The van der Waals surface area contributed by atoms with E-state index in [0.29, 0.717) is 17.1 Å². The third kappa shape index (κ3) is 5.77. The Balaban J connectivity index is 1.78. The van der Waals surface area contributed by atoms with Gasteiger partial charge < -0.3 is 24.6 Å². The minimum Gasteiger partial charge on any atom is -0.506 e. The highest BCUT2D eigenvalue weighted by Gasteiger charge is 2.47. The number of para-hydroxylation sites is 1. The lowest BCUT2D eigenvalue weighted by atomic mass is 9.88. The number of halogens is 1. The quantitative estimate of drug-likeness (QED) is 0.268. The first-order valence-electron chi connectivity index (χ1n) is 13.8. The van der Waals surface area contributed by atoms with Gasteiger partial charge in [0.05, 0.1) is 37.0 Å². The van der Waals surface area contributed by atoms with Crippen molar-refractivity contribution in [2.24, 2.45) is 5.41 Å². The molecule has 0 fully saturated rings. The van der Waals surface area contributed by atoms with Crippen molar-refractivity contribution < 1.29 is 36.9 Å². The van der Waals surface area contributed by atoms with Crippen LogP contribution in [0.5, 0.6) is 23.0 Å². The van der Waals surface area contributed by atoms with Crippen LogP contribution < -0.4 is 24.4 Å². The lowest BCUT2D eigenvalue weighted by Crippen LogP contribution is -2.42. The molecule has 3 aromatic carbocycles. The summed E-state index contributed by atoms with van der Waals surface area (Å²) in [4.78, 5) is 15.6. The third-order valence-electron chi connectivity index (χ3n) is 7.62. The van der Waals surface area contributed by atoms with Gasteiger partial charge in [-0.25, -0.2) is 12.8 Å². The Labute approximate surface area is 256 Å². The molecule has 1 atom stereocenters. The Kier molecular flexibility index (Phi) is 8.23. The number of fused-ring (bicyclic) bond motifs is 1. The molecule has 1 amide bonds. The smallest absolute Gasteiger partial charge is 0.232 e. The highest BCUT2D eigenvalue weighted by atomic mass is 32.2. The number of ether oxygens (including phenoxy) is 3. The molecule has 0 aromatic heterocycles. The molecule has 9 nitrogen and oxygen atoms in total. The Morgan fingerprint density at radius 2 is 1.89 bits per heavy atom. The van der Waals surface area contributed by atoms with E-state index in [9.17, 15) is 18.3 Å². The van der Waals surface area contributed by atoms with Crippen molar-refractivity contribution in [3.63, 3.8) is 0 Å². The van der Waals surface area contributed by atoms with Crippen LogP contribution in [0.1, 0.15) is 37.4 Å². The highest BCUT2D eigenvalue weighted by molar-refractivity contribution is 7.95. The highest BCUT2D eigenvalue weighted by Crippen LogP contribution is 2.52. The van der Waals surface area contributed by atoms with Crippen LogP contribution in [-0.2, 0) is 21.1 Å². The molecule has 0 saturated heterocycles. The monoisotopic (exact) mass is 620 g/mol. The predicted molar refractivity (Wildman–Crippen MR) is 165 cm³/mol. The van der Waals surface area contributed by atoms with Crippen LogP contribution in [0.4, 0.5) is 15.8 Å². The molecule has 1 unspecified atom stereocenters. The van der Waals surface area contributed by atoms with Gasteiger partial charge in [0, 0.05) is 22.9 Å². The van der Waals surface area contributed by atoms with Crippen LogP contribution >= 0.6 is 0 Å². The molecule has 230 valence electrons. The molecule has 5 rings (SSSR count). The number of carbonyl (C=O) groups is 1. The summed E-state index contributed by atoms with van der Waals surface area (Å²) >= 11 is 0. The van der Waals surface area contributed by atoms with Crippen molar-refractivity contribution in [1.82, 2.24) is 0 Å². The molecule has 11 heteroatoms. The van der Waals surface area contributed by atoms with E-state index in [0.717, 1.165) is 6.07 Å². The predicted octanol–water partition coefficient (Wildman–Crippen LogP) is 5.36. The van der Waals surface area contributed by atoms with Gasteiger partial charge in [0.2, 0.25) is 5.91 Å². The Morgan fingerprint density at radius 1 is 1.14 bits per heavy atom. The maximum absolute atomic E-state index is 16.1. The van der Waals surface area contributed by atoms with Gasteiger partial charge in [-0.15, -0.1) is 6.42 Å². The number of carbonyl (C=O) groups excluding carboxylic acids is 1. The van der Waals surface area contributed by atoms with Crippen molar-refractivity contribution in [2.45, 2.75) is 32.7 Å². The molecule has 3 aromatic rings. The van der Waals surface area contributed by atoms with Crippen LogP contribution in [0.3, 0.4) is 0 Å². The number of phenolic OH excluding ortho intramolecular Hbond substituents is 1. The maximum atomic E-state index is 16.1. The minimum atomic E-state index is -4.07. The van der Waals surface area contributed by atoms with Crippen molar-refractivity contribution in [1.29, 1.82) is 0 Å². The number of terminal acetylenes is 1. The summed E-state index contributed by atoms with van der Waals surface area (Å²) < 4.78 is 60.6. The van der Waals surface area contributed by atoms with E-state index in [2.05, 4.69) is 11.2 Å². The van der Waals surface area contributed by atoms with E-state index in [1.54, 1.807) is 24.3 Å². The summed E-state index contributed by atoms with van der Waals surface area (Å²) in [7, 11) is -1.12. The van der Waals surface area contributed by atoms with Gasteiger partial charge in [-0.3, -0.25) is 9.69 Å². The Morgan fingerprint density at radius 3 is 2.57 bits per heavy atom. The summed E-state index contributed by atoms with van der Waals surface area (Å²) in [6, 6.07) is 12.1. The largest absolute Gasteiger partial charge is 0.506 e. The van der Waals surface area contributed by atoms with E-state index < -0.39 is 33.0 Å². The summed E-state index contributed by atoms with van der Waals surface area (Å²) in [6.07, 6.45) is 5.29. The van der Waals surface area contributed by atoms with Crippen LogP contribution in [0.15, 0.2) is 65.2 Å². The van der Waals surface area contributed by atoms with Crippen LogP contribution in [0, 0.1) is 23.6 Å². The van der Waals surface area contributed by atoms with Gasteiger partial charge in [0.15, 0.2) is 9.84 Å². The fraction of sp³-hybridized carbons (Fsp3) is 0.303. The number of allylic oxidation sites excluding steroid dienone is 1. The topological polar surface area (TPSA) is 114 Å². The molecule has 2 heterocycles. The normalized spacial score (nSPS) is 18.2. The molecule has 0 aliphatic carbocycles. The molecule has 0 saturated carbocycles. The zero-order chi connectivity index (χ0) is 31.8. The number of aromatic hydroxyl groups is 1. The van der Waals surface area contributed by atoms with Crippen molar-refractivity contribution in [3.05, 3.63) is 82.1 Å². The van der Waals surface area contributed by atoms with Gasteiger partial charge in [-0.1, -0.05) is 25.8 Å². The standard InChI is InChI=1S/C33H33FN2O7S/c1-6-14-43-22-10-12-23(24(34)17-22)31-32-25(18-33(2,3)19-44(32,39)40)35-30-26(8-7-9-27(30)37)36(31)29(38)16-20-15-21(41-4)11-13-28(20)42-5/h1,7-13,15,17,31,35,37H,14,16,18-19H2,2-5H3. The van der Waals surface area contributed by atoms with Crippen LogP contribution in [-0.4, -0.2) is 46.0 Å². The van der Waals surface area contributed by atoms with E-state index in [1.807, 2.05) is 13.8 Å². The summed E-state index contributed by atoms with van der Waals surface area (Å²) in [5, 5.41) is 14.1. The Bertz CT molecular complexity index is 1810. The number of rotatable bonds is 7. The fourth-order valence-corrected chi connectivity index (χ4v) is 8.23. The molecule has 2 aliphatic rings. The molecule has 2 aliphatic heterocycles. The van der Waals surface area contributed by atoms with E-state index in [1.165, 1.54) is 43.4 Å². The van der Waals surface area contributed by atoms with Gasteiger partial charge >= 0.3 is 0 Å². The third-order valence-corrected chi connectivity index (χ3v) is 9.92. The molecule has 44 heavy (non-hydrogen) atoms.